The van der Waals surface area contributed by atoms with Crippen LogP contribution in [0.1, 0.15) is 46.0 Å². The molecule has 1 heterocycles. The second-order valence-corrected chi connectivity index (χ2v) is 8.32. The molecule has 0 aromatic carbocycles. The van der Waals surface area contributed by atoms with Gasteiger partial charge in [-0.05, 0) is 25.4 Å². The van der Waals surface area contributed by atoms with Gasteiger partial charge in [0.25, 0.3) is 0 Å². The summed E-state index contributed by atoms with van der Waals surface area (Å²) in [5, 5.41) is 10.6. The summed E-state index contributed by atoms with van der Waals surface area (Å²) in [5.41, 5.74) is 0. The molecule has 0 radical (unpaired) electrons. The van der Waals surface area contributed by atoms with Crippen molar-refractivity contribution in [3.63, 3.8) is 0 Å². The van der Waals surface area contributed by atoms with Crippen LogP contribution in [0.2, 0.25) is 0 Å². The van der Waals surface area contributed by atoms with Gasteiger partial charge in [-0.2, -0.15) is 0 Å². The van der Waals surface area contributed by atoms with E-state index in [1.54, 1.807) is 0 Å². The third-order valence-corrected chi connectivity index (χ3v) is 5.90. The van der Waals surface area contributed by atoms with E-state index in [-0.39, 0.29) is 71.7 Å². The molecular weight excluding hydrogens is 351 g/mol. The largest absolute Gasteiger partial charge is 1.00 e. The summed E-state index contributed by atoms with van der Waals surface area (Å²) >= 11 is 0. The number of nitrogens with zero attached hydrogens (tertiary/aromatic N) is 1. The van der Waals surface area contributed by atoms with E-state index in [1.165, 1.54) is 0 Å². The van der Waals surface area contributed by atoms with Crippen LogP contribution in [-0.2, 0) is 9.36 Å². The first-order valence-electron chi connectivity index (χ1n) is 8.27. The van der Waals surface area contributed by atoms with Crippen LogP contribution in [0.15, 0.2) is 0 Å². The Morgan fingerprint density at radius 2 is 1.50 bits per heavy atom. The number of carboxylic acid groups (broad SMARTS) is 1. The summed E-state index contributed by atoms with van der Waals surface area (Å²) in [6.45, 7) is 7.63. The van der Waals surface area contributed by atoms with Crippen molar-refractivity contribution in [3.8, 4) is 0 Å². The van der Waals surface area contributed by atoms with Crippen LogP contribution in [0.25, 0.3) is 0 Å². The predicted molar refractivity (Wildman–Crippen MR) is 78.6 cm³/mol. The summed E-state index contributed by atoms with van der Waals surface area (Å²) in [6, 6.07) is 0. The molecule has 24 heavy (non-hydrogen) atoms. The van der Waals surface area contributed by atoms with Crippen LogP contribution in [0.5, 0.6) is 0 Å². The molecule has 6 nitrogen and oxygen atoms in total. The molecular formula is C15H28NNa2O5P. The number of likely N-dealkylation sites (tertiary alicyclic amines) is 1. The predicted octanol–water partition coefficient (Wildman–Crippen LogP) is -6.29. The second-order valence-electron chi connectivity index (χ2n) is 6.65. The number of hydrogen-bond donors (Lipinski definition) is 0. The monoisotopic (exact) mass is 379 g/mol. The van der Waals surface area contributed by atoms with Crippen LogP contribution < -0.4 is 74.0 Å². The zero-order valence-corrected chi connectivity index (χ0v) is 20.6. The molecule has 2 atom stereocenters. The maximum absolute atomic E-state index is 10.8. The minimum Gasteiger partial charge on any atom is -0.811 e. The molecule has 0 spiro atoms. The van der Waals surface area contributed by atoms with Gasteiger partial charge in [-0.1, -0.05) is 21.4 Å². The Hall–Kier alpha value is 1.58. The van der Waals surface area contributed by atoms with Crippen molar-refractivity contribution >= 4 is 13.6 Å². The maximum atomic E-state index is 10.8. The van der Waals surface area contributed by atoms with Crippen molar-refractivity contribution in [2.24, 2.45) is 11.8 Å². The molecule has 1 fully saturated rings. The Labute approximate surface area is 190 Å². The van der Waals surface area contributed by atoms with Crippen molar-refractivity contribution in [2.75, 3.05) is 32.3 Å². The molecule has 1 rings (SSSR count). The van der Waals surface area contributed by atoms with Crippen molar-refractivity contribution < 1.29 is 87.9 Å². The summed E-state index contributed by atoms with van der Waals surface area (Å²) in [4.78, 5) is 32.3. The Morgan fingerprint density at radius 1 is 1.04 bits per heavy atom. The summed E-state index contributed by atoms with van der Waals surface area (Å²) < 4.78 is 11.6. The third kappa shape index (κ3) is 10.1. The van der Waals surface area contributed by atoms with Gasteiger partial charge in [0.15, 0.2) is 0 Å². The molecule has 0 amide bonds. The van der Waals surface area contributed by atoms with Gasteiger partial charge in [-0.25, -0.2) is 0 Å². The number of quaternary nitrogens is 1. The van der Waals surface area contributed by atoms with E-state index < -0.39 is 13.6 Å². The molecule has 2 unspecified atom stereocenters. The van der Waals surface area contributed by atoms with Crippen LogP contribution in [-0.4, -0.2) is 42.8 Å². The van der Waals surface area contributed by atoms with Crippen LogP contribution in [0.4, 0.5) is 0 Å². The molecule has 1 saturated heterocycles. The Balaban J connectivity index is 0. The number of hydrogen-bond acceptors (Lipinski definition) is 5. The van der Waals surface area contributed by atoms with E-state index in [0.717, 1.165) is 37.0 Å². The summed E-state index contributed by atoms with van der Waals surface area (Å²) in [7, 11) is -4.45. The summed E-state index contributed by atoms with van der Waals surface area (Å²) in [6.07, 6.45) is 2.81. The smallest absolute Gasteiger partial charge is 0.811 e. The fourth-order valence-corrected chi connectivity index (χ4v) is 4.46. The number of aliphatic carboxylic acids is 1. The van der Waals surface area contributed by atoms with Crippen molar-refractivity contribution in [3.05, 3.63) is 0 Å². The first-order chi connectivity index (χ1) is 10.2. The van der Waals surface area contributed by atoms with Gasteiger partial charge in [-0.15, -0.1) is 0 Å². The minimum absolute atomic E-state index is 0. The Morgan fingerprint density at radius 3 is 1.88 bits per heavy atom. The van der Waals surface area contributed by atoms with Gasteiger partial charge < -0.3 is 28.7 Å². The van der Waals surface area contributed by atoms with Crippen molar-refractivity contribution in [1.29, 1.82) is 0 Å². The molecule has 0 aromatic rings. The van der Waals surface area contributed by atoms with Gasteiger partial charge in [0.05, 0.1) is 26.2 Å². The topological polar surface area (TPSA) is 103 Å². The summed E-state index contributed by atoms with van der Waals surface area (Å²) in [5.74, 6) is 0.151. The van der Waals surface area contributed by atoms with E-state index in [2.05, 4.69) is 13.8 Å². The van der Waals surface area contributed by atoms with Crippen LogP contribution in [0, 0.1) is 11.8 Å². The van der Waals surface area contributed by atoms with Gasteiger partial charge >= 0.3 is 59.1 Å². The van der Waals surface area contributed by atoms with Crippen molar-refractivity contribution in [1.82, 2.24) is 0 Å². The molecule has 0 bridgehead atoms. The van der Waals surface area contributed by atoms with Crippen LogP contribution >= 0.6 is 7.60 Å². The zero-order chi connectivity index (χ0) is 16.8. The van der Waals surface area contributed by atoms with Gasteiger partial charge in [0.1, 0.15) is 0 Å². The van der Waals surface area contributed by atoms with E-state index in [0.29, 0.717) is 31.2 Å². The molecule has 0 N–H and O–H groups in total. The molecule has 0 saturated carbocycles. The number of carboxylic acids is 1. The number of carbonyl (C=O) groups excluding carboxylic acids is 1. The Bertz CT molecular complexity index is 407. The number of rotatable bonds is 10. The minimum atomic E-state index is -4.45. The average Bonchev–Trinajstić information content (AvgIpc) is 2.75. The maximum Gasteiger partial charge on any atom is 1.00 e. The second kappa shape index (κ2) is 12.9. The van der Waals surface area contributed by atoms with Gasteiger partial charge in [0.2, 0.25) is 0 Å². The average molecular weight is 379 g/mol. The van der Waals surface area contributed by atoms with E-state index >= 15 is 0 Å². The van der Waals surface area contributed by atoms with E-state index in [1.807, 2.05) is 0 Å². The third-order valence-electron chi connectivity index (χ3n) is 5.04. The Kier molecular flexibility index (Phi) is 14.9. The quantitative estimate of drug-likeness (QED) is 0.213. The molecule has 0 aromatic heterocycles. The fourth-order valence-electron chi connectivity index (χ4n) is 3.93. The molecule has 9 heteroatoms. The molecule has 1 aliphatic rings. The molecule has 0 aliphatic carbocycles. The SMILES string of the molecule is CCC1C[N+](CCCC(=O)[O-])(CCCP(=O)([O-])[O-])CC1CC.[Na+].[Na+]. The fraction of sp³-hybridized carbons (Fsp3) is 0.933. The zero-order valence-electron chi connectivity index (χ0n) is 15.7. The van der Waals surface area contributed by atoms with Crippen molar-refractivity contribution in [2.45, 2.75) is 46.0 Å². The van der Waals surface area contributed by atoms with Gasteiger partial charge in [0, 0.05) is 30.6 Å². The standard InChI is InChI=1S/C15H30NO5P.2Na/c1-3-13-11-16(12-14(13)4-2,8-5-7-15(17)18)9-6-10-22(19,20)21;;/h13-14H,3-12H2,1-2H3,(H2-,17,18,19,20,21);;/q;2*+1/p-2. The molecule has 130 valence electrons. The molecule has 1 aliphatic heterocycles. The first kappa shape index (κ1) is 27.8. The van der Waals surface area contributed by atoms with E-state index in [4.69, 9.17) is 0 Å². The van der Waals surface area contributed by atoms with Gasteiger partial charge in [-0.3, -0.25) is 0 Å². The van der Waals surface area contributed by atoms with E-state index in [9.17, 15) is 24.3 Å². The van der Waals surface area contributed by atoms with Crippen LogP contribution in [0.3, 0.4) is 0 Å². The first-order valence-corrected chi connectivity index (χ1v) is 10.00. The normalized spacial score (nSPS) is 26.5. The number of carbonyl (C=O) groups is 1.